The molecule has 3 aromatic rings. The molecule has 4 nitrogen and oxygen atoms in total. The van der Waals surface area contributed by atoms with Crippen molar-refractivity contribution in [1.82, 2.24) is 5.32 Å². The number of nitrogens with one attached hydrogen (secondary N) is 2. The predicted octanol–water partition coefficient (Wildman–Crippen LogP) is 4.08. The highest BCUT2D eigenvalue weighted by atomic mass is 16.3. The van der Waals surface area contributed by atoms with Gasteiger partial charge < -0.3 is 15.7 Å². The van der Waals surface area contributed by atoms with Gasteiger partial charge in [0, 0.05) is 5.39 Å². The Kier molecular flexibility index (Phi) is 4.77. The summed E-state index contributed by atoms with van der Waals surface area (Å²) in [7, 11) is 0. The van der Waals surface area contributed by atoms with Crippen LogP contribution in [0.25, 0.3) is 10.8 Å². The lowest BCUT2D eigenvalue weighted by molar-refractivity contribution is 0.139. The number of carbonyl (C=O) groups excluding carboxylic acids is 1. The van der Waals surface area contributed by atoms with Crippen LogP contribution in [0.2, 0.25) is 0 Å². The van der Waals surface area contributed by atoms with Crippen LogP contribution in [0, 0.1) is 0 Å². The van der Waals surface area contributed by atoms with Gasteiger partial charge in [-0.2, -0.15) is 0 Å². The number of hydrogen-bond acceptors (Lipinski definition) is 2. The van der Waals surface area contributed by atoms with E-state index < -0.39 is 12.1 Å². The number of rotatable bonds is 4. The number of carbonyl (C=O) groups is 1. The maximum atomic E-state index is 12.3. The Morgan fingerprint density at radius 3 is 2.38 bits per heavy atom. The topological polar surface area (TPSA) is 61.4 Å². The average molecular weight is 320 g/mol. The number of benzene rings is 3. The van der Waals surface area contributed by atoms with Crippen LogP contribution >= 0.6 is 0 Å². The minimum absolute atomic E-state index is 0.339. The minimum Gasteiger partial charge on any atom is -0.386 e. The maximum absolute atomic E-state index is 12.3. The van der Waals surface area contributed by atoms with E-state index in [0.717, 1.165) is 22.0 Å². The largest absolute Gasteiger partial charge is 0.386 e. The highest BCUT2D eigenvalue weighted by molar-refractivity contribution is 6.01. The van der Waals surface area contributed by atoms with Crippen LogP contribution in [0.3, 0.4) is 0 Å². The summed E-state index contributed by atoms with van der Waals surface area (Å²) in [5, 5.41) is 18.0. The van der Waals surface area contributed by atoms with Crippen molar-refractivity contribution in [2.75, 3.05) is 5.32 Å². The van der Waals surface area contributed by atoms with Gasteiger partial charge in [-0.25, -0.2) is 4.79 Å². The molecule has 2 atom stereocenters. The molecule has 0 aliphatic carbocycles. The summed E-state index contributed by atoms with van der Waals surface area (Å²) in [4.78, 5) is 12.3. The number of anilines is 1. The Balaban J connectivity index is 1.69. The van der Waals surface area contributed by atoms with Crippen LogP contribution in [0.4, 0.5) is 10.5 Å². The first-order valence-electron chi connectivity index (χ1n) is 7.93. The van der Waals surface area contributed by atoms with Gasteiger partial charge in [0.1, 0.15) is 0 Å². The van der Waals surface area contributed by atoms with Crippen molar-refractivity contribution in [2.24, 2.45) is 0 Å². The number of fused-ring (bicyclic) bond motifs is 1. The predicted molar refractivity (Wildman–Crippen MR) is 97.0 cm³/mol. The normalized spacial score (nSPS) is 13.2. The van der Waals surface area contributed by atoms with Crippen LogP contribution in [0.15, 0.2) is 72.8 Å². The highest BCUT2D eigenvalue weighted by Gasteiger charge is 2.18. The monoisotopic (exact) mass is 320 g/mol. The van der Waals surface area contributed by atoms with E-state index in [4.69, 9.17) is 0 Å². The van der Waals surface area contributed by atoms with Gasteiger partial charge >= 0.3 is 6.03 Å². The standard InChI is InChI=1S/C20H20N2O2/c1-14(19(23)16-9-3-2-4-10-16)21-20(24)22-18-13-7-11-15-8-5-6-12-17(15)18/h2-14,19,23H,1H3,(H2,21,22,24)/t14-,19-/m0/s1. The summed E-state index contributed by atoms with van der Waals surface area (Å²) in [6.07, 6.45) is -0.760. The molecule has 0 radical (unpaired) electrons. The summed E-state index contributed by atoms with van der Waals surface area (Å²) >= 11 is 0. The van der Waals surface area contributed by atoms with E-state index in [-0.39, 0.29) is 6.03 Å². The molecule has 122 valence electrons. The lowest BCUT2D eigenvalue weighted by atomic mass is 10.0. The summed E-state index contributed by atoms with van der Waals surface area (Å²) < 4.78 is 0. The first kappa shape index (κ1) is 16.0. The zero-order chi connectivity index (χ0) is 16.9. The first-order chi connectivity index (χ1) is 11.6. The van der Waals surface area contributed by atoms with Crippen LogP contribution in [-0.2, 0) is 0 Å². The fourth-order valence-corrected chi connectivity index (χ4v) is 2.72. The zero-order valence-corrected chi connectivity index (χ0v) is 13.4. The molecule has 2 amide bonds. The second-order valence-electron chi connectivity index (χ2n) is 5.77. The molecule has 24 heavy (non-hydrogen) atoms. The number of aliphatic hydroxyl groups excluding tert-OH is 1. The molecule has 0 bridgehead atoms. The lowest BCUT2D eigenvalue weighted by Crippen LogP contribution is -2.39. The Hall–Kier alpha value is -2.85. The third kappa shape index (κ3) is 3.55. The Morgan fingerprint density at radius 1 is 0.917 bits per heavy atom. The van der Waals surface area contributed by atoms with Crippen LogP contribution in [0.5, 0.6) is 0 Å². The third-order valence-corrected chi connectivity index (χ3v) is 4.01. The van der Waals surface area contributed by atoms with E-state index in [1.807, 2.05) is 72.8 Å². The molecule has 3 N–H and O–H groups in total. The molecule has 4 heteroatoms. The lowest BCUT2D eigenvalue weighted by Gasteiger charge is -2.21. The molecule has 0 fully saturated rings. The molecular weight excluding hydrogens is 300 g/mol. The van der Waals surface area contributed by atoms with Crippen molar-refractivity contribution >= 4 is 22.5 Å². The fraction of sp³-hybridized carbons (Fsp3) is 0.150. The Labute approximate surface area is 141 Å². The zero-order valence-electron chi connectivity index (χ0n) is 13.4. The molecule has 0 saturated heterocycles. The van der Waals surface area contributed by atoms with Gasteiger partial charge in [-0.3, -0.25) is 0 Å². The summed E-state index contributed by atoms with van der Waals surface area (Å²) in [6.45, 7) is 1.78. The first-order valence-corrected chi connectivity index (χ1v) is 7.93. The number of urea groups is 1. The molecule has 0 heterocycles. The van der Waals surface area contributed by atoms with Crippen molar-refractivity contribution in [2.45, 2.75) is 19.1 Å². The smallest absolute Gasteiger partial charge is 0.319 e. The van der Waals surface area contributed by atoms with Crippen molar-refractivity contribution < 1.29 is 9.90 Å². The number of aliphatic hydroxyl groups is 1. The van der Waals surface area contributed by atoms with Gasteiger partial charge in [0.05, 0.1) is 17.8 Å². The van der Waals surface area contributed by atoms with Gasteiger partial charge in [0.15, 0.2) is 0 Å². The summed E-state index contributed by atoms with van der Waals surface area (Å²) in [5.74, 6) is 0. The van der Waals surface area contributed by atoms with Gasteiger partial charge in [0.2, 0.25) is 0 Å². The van der Waals surface area contributed by atoms with Crippen LogP contribution in [0.1, 0.15) is 18.6 Å². The molecule has 3 aromatic carbocycles. The molecule has 0 saturated carbocycles. The van der Waals surface area contributed by atoms with Gasteiger partial charge in [-0.15, -0.1) is 0 Å². The average Bonchev–Trinajstić information content (AvgIpc) is 2.62. The number of amides is 2. The fourth-order valence-electron chi connectivity index (χ4n) is 2.72. The van der Waals surface area contributed by atoms with E-state index in [9.17, 15) is 9.90 Å². The van der Waals surface area contributed by atoms with E-state index in [1.54, 1.807) is 6.92 Å². The molecule has 0 unspecified atom stereocenters. The van der Waals surface area contributed by atoms with Crippen molar-refractivity contribution in [1.29, 1.82) is 0 Å². The highest BCUT2D eigenvalue weighted by Crippen LogP contribution is 2.23. The van der Waals surface area contributed by atoms with Gasteiger partial charge in [-0.1, -0.05) is 66.7 Å². The van der Waals surface area contributed by atoms with Crippen molar-refractivity contribution in [3.63, 3.8) is 0 Å². The van der Waals surface area contributed by atoms with Gasteiger partial charge in [0.25, 0.3) is 0 Å². The van der Waals surface area contributed by atoms with Gasteiger partial charge in [-0.05, 0) is 23.9 Å². The summed E-state index contributed by atoms with van der Waals surface area (Å²) in [5.41, 5.74) is 1.52. The quantitative estimate of drug-likeness (QED) is 0.678. The maximum Gasteiger partial charge on any atom is 0.319 e. The van der Waals surface area contributed by atoms with E-state index in [0.29, 0.717) is 0 Å². The van der Waals surface area contributed by atoms with Crippen molar-refractivity contribution in [3.05, 3.63) is 78.4 Å². The molecule has 0 spiro atoms. The number of hydrogen-bond donors (Lipinski definition) is 3. The van der Waals surface area contributed by atoms with E-state index in [1.165, 1.54) is 0 Å². The second-order valence-corrected chi connectivity index (χ2v) is 5.77. The minimum atomic E-state index is -0.760. The Bertz CT molecular complexity index is 828. The van der Waals surface area contributed by atoms with Crippen LogP contribution < -0.4 is 10.6 Å². The third-order valence-electron chi connectivity index (χ3n) is 4.01. The molecule has 3 rings (SSSR count). The molecule has 0 aliphatic rings. The van der Waals surface area contributed by atoms with E-state index >= 15 is 0 Å². The molecule has 0 aliphatic heterocycles. The Morgan fingerprint density at radius 2 is 1.58 bits per heavy atom. The molecular formula is C20H20N2O2. The van der Waals surface area contributed by atoms with Crippen LogP contribution in [-0.4, -0.2) is 17.2 Å². The molecule has 0 aromatic heterocycles. The van der Waals surface area contributed by atoms with Crippen molar-refractivity contribution in [3.8, 4) is 0 Å². The second kappa shape index (κ2) is 7.15. The summed E-state index contributed by atoms with van der Waals surface area (Å²) in [6, 6.07) is 22.2. The SMILES string of the molecule is C[C@H](NC(=O)Nc1cccc2ccccc12)[C@H](O)c1ccccc1. The van der Waals surface area contributed by atoms with E-state index in [2.05, 4.69) is 10.6 Å².